The molecule has 1 fully saturated rings. The second-order valence-corrected chi connectivity index (χ2v) is 12.1. The van der Waals surface area contributed by atoms with Crippen LogP contribution in [-0.2, 0) is 12.5 Å². The molecule has 2 heteroatoms. The summed E-state index contributed by atoms with van der Waals surface area (Å²) in [5.41, 5.74) is 11.4. The van der Waals surface area contributed by atoms with E-state index in [1.165, 1.54) is 91.4 Å². The Labute approximate surface area is 207 Å². The number of rotatable bonds is 1. The minimum Gasteiger partial charge on any atom is -0.307 e. The molecule has 6 aromatic rings. The first kappa shape index (κ1) is 21.2. The van der Waals surface area contributed by atoms with Gasteiger partial charge in [-0.3, -0.25) is 0 Å². The van der Waals surface area contributed by atoms with Gasteiger partial charge in [0, 0.05) is 16.8 Å². The molecule has 3 aromatic carbocycles. The molecular formula is C33H35N2+. The Bertz CT molecular complexity index is 1800. The maximum atomic E-state index is 2.65. The lowest BCUT2D eigenvalue weighted by Crippen LogP contribution is -2.29. The van der Waals surface area contributed by atoms with Crippen molar-refractivity contribution in [2.45, 2.75) is 71.6 Å². The van der Waals surface area contributed by atoms with Crippen LogP contribution >= 0.6 is 0 Å². The van der Waals surface area contributed by atoms with Crippen molar-refractivity contribution in [1.82, 2.24) is 4.40 Å². The smallest absolute Gasteiger partial charge is 0.224 e. The van der Waals surface area contributed by atoms with Crippen molar-refractivity contribution in [1.29, 1.82) is 0 Å². The number of aromatic nitrogens is 2. The summed E-state index contributed by atoms with van der Waals surface area (Å²) in [5.74, 6) is 0.666. The average molecular weight is 460 g/mol. The number of pyridine rings is 2. The molecule has 2 nitrogen and oxygen atoms in total. The van der Waals surface area contributed by atoms with E-state index in [4.69, 9.17) is 0 Å². The predicted octanol–water partition coefficient (Wildman–Crippen LogP) is 8.39. The summed E-state index contributed by atoms with van der Waals surface area (Å²) < 4.78 is 5.02. The van der Waals surface area contributed by atoms with Gasteiger partial charge in [-0.05, 0) is 77.8 Å². The van der Waals surface area contributed by atoms with E-state index >= 15 is 0 Å². The SMILES string of the molecule is Cc1cc(C(C)(C)C)c2c(c1C)c1c3c(cc[n+]1C)cc(C1CCCC1)c1c4ccccc4n2c13. The van der Waals surface area contributed by atoms with Crippen molar-refractivity contribution in [2.75, 3.05) is 0 Å². The highest BCUT2D eigenvalue weighted by atomic mass is 15.0. The molecule has 0 amide bonds. The lowest BCUT2D eigenvalue weighted by molar-refractivity contribution is -0.643. The van der Waals surface area contributed by atoms with Gasteiger partial charge in [-0.2, -0.15) is 0 Å². The van der Waals surface area contributed by atoms with Crippen LogP contribution in [-0.4, -0.2) is 4.40 Å². The van der Waals surface area contributed by atoms with Gasteiger partial charge in [-0.25, -0.2) is 4.57 Å². The summed E-state index contributed by atoms with van der Waals surface area (Å²) in [7, 11) is 2.23. The summed E-state index contributed by atoms with van der Waals surface area (Å²) in [5, 5.41) is 7.13. The monoisotopic (exact) mass is 459 g/mol. The zero-order valence-corrected chi connectivity index (χ0v) is 21.9. The van der Waals surface area contributed by atoms with Crippen LogP contribution in [0.15, 0.2) is 48.7 Å². The quantitative estimate of drug-likeness (QED) is 0.133. The van der Waals surface area contributed by atoms with E-state index in [1.807, 2.05) is 0 Å². The molecule has 35 heavy (non-hydrogen) atoms. The summed E-state index contributed by atoms with van der Waals surface area (Å²) in [6.45, 7) is 11.7. The van der Waals surface area contributed by atoms with Gasteiger partial charge in [-0.1, -0.05) is 57.9 Å². The van der Waals surface area contributed by atoms with E-state index in [1.54, 1.807) is 5.56 Å². The molecule has 3 heterocycles. The van der Waals surface area contributed by atoms with Crippen LogP contribution in [0.1, 0.15) is 74.6 Å². The number of para-hydroxylation sites is 1. The van der Waals surface area contributed by atoms with E-state index < -0.39 is 0 Å². The lowest BCUT2D eigenvalue weighted by Gasteiger charge is -2.25. The molecule has 1 aliphatic carbocycles. The Morgan fingerprint density at radius 3 is 2.37 bits per heavy atom. The molecule has 0 saturated heterocycles. The van der Waals surface area contributed by atoms with Crippen molar-refractivity contribution >= 4 is 49.0 Å². The van der Waals surface area contributed by atoms with Crippen LogP contribution in [0.2, 0.25) is 0 Å². The largest absolute Gasteiger partial charge is 0.307 e. The second kappa shape index (κ2) is 6.97. The first-order valence-electron chi connectivity index (χ1n) is 13.3. The number of nitrogens with zero attached hydrogens (tertiary/aromatic N) is 2. The molecule has 0 N–H and O–H groups in total. The Balaban J connectivity index is 1.90. The molecule has 0 unspecified atom stereocenters. The van der Waals surface area contributed by atoms with Crippen LogP contribution in [0, 0.1) is 13.8 Å². The van der Waals surface area contributed by atoms with E-state index in [0.29, 0.717) is 5.92 Å². The normalized spacial score (nSPS) is 15.7. The average Bonchev–Trinajstić information content (AvgIpc) is 3.48. The number of hydrogen-bond donors (Lipinski definition) is 0. The first-order chi connectivity index (χ1) is 16.8. The van der Waals surface area contributed by atoms with Crippen LogP contribution in [0.25, 0.3) is 49.0 Å². The molecular weight excluding hydrogens is 424 g/mol. The Morgan fingerprint density at radius 2 is 1.63 bits per heavy atom. The van der Waals surface area contributed by atoms with Crippen molar-refractivity contribution in [3.05, 3.63) is 70.9 Å². The van der Waals surface area contributed by atoms with Gasteiger partial charge in [0.2, 0.25) is 5.52 Å². The fraction of sp³-hybridized carbons (Fsp3) is 0.364. The maximum absolute atomic E-state index is 2.65. The zero-order valence-electron chi connectivity index (χ0n) is 21.9. The molecule has 0 atom stereocenters. The van der Waals surface area contributed by atoms with Crippen molar-refractivity contribution in [2.24, 2.45) is 7.05 Å². The number of hydrogen-bond acceptors (Lipinski definition) is 0. The van der Waals surface area contributed by atoms with E-state index in [-0.39, 0.29) is 5.41 Å². The topological polar surface area (TPSA) is 8.29 Å². The molecule has 7 rings (SSSR count). The Hall–Kier alpha value is -3.13. The van der Waals surface area contributed by atoms with Gasteiger partial charge in [0.05, 0.1) is 27.3 Å². The third-order valence-electron chi connectivity index (χ3n) is 8.95. The molecule has 0 aliphatic heterocycles. The van der Waals surface area contributed by atoms with Gasteiger partial charge < -0.3 is 4.40 Å². The molecule has 1 aliphatic rings. The zero-order chi connectivity index (χ0) is 24.2. The maximum Gasteiger partial charge on any atom is 0.224 e. The number of aryl methyl sites for hydroxylation is 3. The van der Waals surface area contributed by atoms with Crippen molar-refractivity contribution < 1.29 is 4.57 Å². The Kier molecular flexibility index (Phi) is 4.22. The fourth-order valence-corrected chi connectivity index (χ4v) is 7.13. The predicted molar refractivity (Wildman–Crippen MR) is 149 cm³/mol. The van der Waals surface area contributed by atoms with E-state index in [9.17, 15) is 0 Å². The lowest BCUT2D eigenvalue weighted by atomic mass is 9.82. The minimum atomic E-state index is 0.0350. The standard InChI is InChI=1S/C33H35N2/c1-19-17-25(33(3,4)5)30-27(20(19)2)31-28-22(15-16-34(31)6)18-24(21-11-7-8-12-21)29-23-13-9-10-14-26(23)35(30)32(28)29/h9-10,13-18,21H,7-8,11-12H2,1-6H3/q+1. The Morgan fingerprint density at radius 1 is 0.886 bits per heavy atom. The summed E-state index contributed by atoms with van der Waals surface area (Å²) >= 11 is 0. The van der Waals surface area contributed by atoms with Gasteiger partial charge in [0.1, 0.15) is 7.05 Å². The molecule has 176 valence electrons. The van der Waals surface area contributed by atoms with Gasteiger partial charge in [-0.15, -0.1) is 0 Å². The highest BCUT2D eigenvalue weighted by Crippen LogP contribution is 2.48. The molecule has 1 saturated carbocycles. The molecule has 0 radical (unpaired) electrons. The van der Waals surface area contributed by atoms with Crippen LogP contribution in [0.3, 0.4) is 0 Å². The number of fused-ring (bicyclic) bond motifs is 6. The molecule has 0 spiro atoms. The van der Waals surface area contributed by atoms with Crippen molar-refractivity contribution in [3.63, 3.8) is 0 Å². The van der Waals surface area contributed by atoms with Gasteiger partial charge in [0.15, 0.2) is 6.20 Å². The highest BCUT2D eigenvalue weighted by molar-refractivity contribution is 6.28. The molecule has 3 aromatic heterocycles. The third kappa shape index (κ3) is 2.69. The van der Waals surface area contributed by atoms with Crippen molar-refractivity contribution in [3.8, 4) is 0 Å². The van der Waals surface area contributed by atoms with E-state index in [0.717, 1.165) is 0 Å². The van der Waals surface area contributed by atoms with Gasteiger partial charge >= 0.3 is 0 Å². The van der Waals surface area contributed by atoms with Crippen LogP contribution in [0.5, 0.6) is 0 Å². The summed E-state index contributed by atoms with van der Waals surface area (Å²) in [4.78, 5) is 0. The number of benzene rings is 3. The summed E-state index contributed by atoms with van der Waals surface area (Å²) in [6.07, 6.45) is 7.62. The van der Waals surface area contributed by atoms with Crippen LogP contribution in [0.4, 0.5) is 0 Å². The summed E-state index contributed by atoms with van der Waals surface area (Å²) in [6, 6.07) is 16.5. The van der Waals surface area contributed by atoms with Gasteiger partial charge in [0.25, 0.3) is 0 Å². The third-order valence-corrected chi connectivity index (χ3v) is 8.95. The minimum absolute atomic E-state index is 0.0350. The van der Waals surface area contributed by atoms with E-state index in [2.05, 4.69) is 99.3 Å². The fourth-order valence-electron chi connectivity index (χ4n) is 7.13. The van der Waals surface area contributed by atoms with Crippen LogP contribution < -0.4 is 4.57 Å². The second-order valence-electron chi connectivity index (χ2n) is 12.1. The first-order valence-corrected chi connectivity index (χ1v) is 13.3. The highest BCUT2D eigenvalue weighted by Gasteiger charge is 2.31. The molecule has 0 bridgehead atoms.